The highest BCUT2D eigenvalue weighted by atomic mass is 79.9. The van der Waals surface area contributed by atoms with Gasteiger partial charge in [-0.25, -0.2) is 4.39 Å². The molecule has 0 aliphatic heterocycles. The predicted molar refractivity (Wildman–Crippen MR) is 53.4 cm³/mol. The van der Waals surface area contributed by atoms with Crippen LogP contribution in [0.15, 0.2) is 28.7 Å². The Balaban J connectivity index is 2.94. The van der Waals surface area contributed by atoms with Crippen molar-refractivity contribution in [2.24, 2.45) is 0 Å². The molecule has 0 atom stereocenters. The van der Waals surface area contributed by atoms with Crippen LogP contribution in [0.4, 0.5) is 4.39 Å². The van der Waals surface area contributed by atoms with Crippen molar-refractivity contribution >= 4 is 22.0 Å². The molecule has 0 N–H and O–H groups in total. The third-order valence-electron chi connectivity index (χ3n) is 1.50. The van der Waals surface area contributed by atoms with Gasteiger partial charge >= 0.3 is 0 Å². The minimum absolute atomic E-state index is 0.186. The summed E-state index contributed by atoms with van der Waals surface area (Å²) in [5.74, 6) is -0.186. The highest BCUT2D eigenvalue weighted by molar-refractivity contribution is 9.10. The second kappa shape index (κ2) is 4.41. The molecule has 64 valence electrons. The maximum atomic E-state index is 13.1. The van der Waals surface area contributed by atoms with Crippen LogP contribution in [0.2, 0.25) is 0 Å². The van der Waals surface area contributed by atoms with Crippen LogP contribution >= 0.6 is 15.9 Å². The van der Waals surface area contributed by atoms with E-state index in [4.69, 9.17) is 0 Å². The first-order valence-electron chi connectivity index (χ1n) is 3.85. The Morgan fingerprint density at radius 1 is 1.50 bits per heavy atom. The predicted octanol–water partition coefficient (Wildman–Crippen LogP) is 4.01. The quantitative estimate of drug-likeness (QED) is 0.718. The maximum Gasteiger partial charge on any atom is 0.131 e. The molecule has 0 unspecified atom stereocenters. The molecule has 12 heavy (non-hydrogen) atoms. The average molecular weight is 229 g/mol. The van der Waals surface area contributed by atoms with Crippen molar-refractivity contribution in [3.8, 4) is 0 Å². The number of rotatable bonds is 2. The van der Waals surface area contributed by atoms with E-state index in [1.165, 1.54) is 6.07 Å². The second-order valence-electron chi connectivity index (χ2n) is 2.48. The van der Waals surface area contributed by atoms with Gasteiger partial charge in [0.1, 0.15) is 5.82 Å². The summed E-state index contributed by atoms with van der Waals surface area (Å²) in [5.41, 5.74) is 0.639. The maximum absolute atomic E-state index is 13.1. The minimum atomic E-state index is -0.186. The first-order valence-corrected chi connectivity index (χ1v) is 4.65. The fourth-order valence-electron chi connectivity index (χ4n) is 0.881. The Morgan fingerprint density at radius 3 is 2.83 bits per heavy atom. The molecule has 0 bridgehead atoms. The molecule has 2 heteroatoms. The highest BCUT2D eigenvalue weighted by Crippen LogP contribution is 2.16. The zero-order valence-corrected chi connectivity index (χ0v) is 8.44. The zero-order chi connectivity index (χ0) is 8.97. The molecule has 0 spiro atoms. The monoisotopic (exact) mass is 228 g/mol. The van der Waals surface area contributed by atoms with Crippen molar-refractivity contribution in [2.45, 2.75) is 13.3 Å². The number of allylic oxidation sites excluding steroid dienone is 1. The van der Waals surface area contributed by atoms with E-state index in [1.807, 2.05) is 19.1 Å². The fraction of sp³-hybridized carbons (Fsp3) is 0.200. The normalized spacial score (nSPS) is 10.9. The van der Waals surface area contributed by atoms with Crippen molar-refractivity contribution in [2.75, 3.05) is 0 Å². The van der Waals surface area contributed by atoms with E-state index < -0.39 is 0 Å². The number of benzene rings is 1. The van der Waals surface area contributed by atoms with Crippen LogP contribution in [-0.4, -0.2) is 0 Å². The molecule has 0 nitrogen and oxygen atoms in total. The summed E-state index contributed by atoms with van der Waals surface area (Å²) >= 11 is 3.20. The molecule has 0 aromatic heterocycles. The van der Waals surface area contributed by atoms with Gasteiger partial charge in [-0.2, -0.15) is 0 Å². The Labute approximate surface area is 80.2 Å². The first kappa shape index (κ1) is 9.46. The number of hydrogen-bond donors (Lipinski definition) is 0. The largest absolute Gasteiger partial charge is 0.206 e. The van der Waals surface area contributed by atoms with E-state index in [2.05, 4.69) is 15.9 Å². The molecule has 1 aromatic carbocycles. The van der Waals surface area contributed by atoms with E-state index in [-0.39, 0.29) is 5.82 Å². The van der Waals surface area contributed by atoms with Crippen molar-refractivity contribution in [1.29, 1.82) is 0 Å². The Kier molecular flexibility index (Phi) is 3.48. The summed E-state index contributed by atoms with van der Waals surface area (Å²) in [5, 5.41) is 0. The molecule has 1 rings (SSSR count). The smallest absolute Gasteiger partial charge is 0.131 e. The third-order valence-corrected chi connectivity index (χ3v) is 1.99. The van der Waals surface area contributed by atoms with Gasteiger partial charge in [0, 0.05) is 10.0 Å². The number of hydrogen-bond acceptors (Lipinski definition) is 0. The van der Waals surface area contributed by atoms with Crippen LogP contribution in [0.3, 0.4) is 0 Å². The highest BCUT2D eigenvalue weighted by Gasteiger charge is 1.97. The van der Waals surface area contributed by atoms with Gasteiger partial charge in [0.25, 0.3) is 0 Å². The molecule has 0 radical (unpaired) electrons. The van der Waals surface area contributed by atoms with Gasteiger partial charge in [-0.05, 0) is 18.6 Å². The molecular weight excluding hydrogens is 219 g/mol. The van der Waals surface area contributed by atoms with Gasteiger partial charge < -0.3 is 0 Å². The summed E-state index contributed by atoms with van der Waals surface area (Å²) in [6.07, 6.45) is 4.66. The van der Waals surface area contributed by atoms with Crippen molar-refractivity contribution in [3.05, 3.63) is 40.1 Å². The van der Waals surface area contributed by atoms with Gasteiger partial charge in [-0.1, -0.05) is 41.1 Å². The van der Waals surface area contributed by atoms with Gasteiger partial charge in [-0.15, -0.1) is 0 Å². The summed E-state index contributed by atoms with van der Waals surface area (Å²) in [4.78, 5) is 0. The van der Waals surface area contributed by atoms with E-state index in [9.17, 15) is 4.39 Å². The van der Waals surface area contributed by atoms with E-state index in [0.717, 1.165) is 10.9 Å². The van der Waals surface area contributed by atoms with E-state index in [0.29, 0.717) is 5.56 Å². The molecule has 0 aliphatic rings. The Morgan fingerprint density at radius 2 is 2.25 bits per heavy atom. The van der Waals surface area contributed by atoms with Crippen molar-refractivity contribution in [1.82, 2.24) is 0 Å². The SMILES string of the molecule is CC/C=C\c1ccc(Br)cc1F. The lowest BCUT2D eigenvalue weighted by Crippen LogP contribution is -1.80. The topological polar surface area (TPSA) is 0 Å². The third kappa shape index (κ3) is 2.45. The molecule has 0 saturated carbocycles. The van der Waals surface area contributed by atoms with Crippen LogP contribution in [0.25, 0.3) is 6.08 Å². The van der Waals surface area contributed by atoms with Crippen molar-refractivity contribution < 1.29 is 4.39 Å². The van der Waals surface area contributed by atoms with Gasteiger partial charge in [0.2, 0.25) is 0 Å². The standard InChI is InChI=1S/C10H10BrF/c1-2-3-4-8-5-6-9(11)7-10(8)12/h3-7H,2H2,1H3/b4-3-. The lowest BCUT2D eigenvalue weighted by Gasteiger charge is -1.96. The molecule has 0 aliphatic carbocycles. The Bertz CT molecular complexity index is 292. The summed E-state index contributed by atoms with van der Waals surface area (Å²) in [7, 11) is 0. The van der Waals surface area contributed by atoms with Crippen LogP contribution in [0.1, 0.15) is 18.9 Å². The zero-order valence-electron chi connectivity index (χ0n) is 6.85. The van der Waals surface area contributed by atoms with Gasteiger partial charge in [-0.3, -0.25) is 0 Å². The molecular formula is C10H10BrF. The van der Waals surface area contributed by atoms with Crippen LogP contribution in [-0.2, 0) is 0 Å². The Hall–Kier alpha value is -0.630. The van der Waals surface area contributed by atoms with Gasteiger partial charge in [0.15, 0.2) is 0 Å². The molecule has 0 heterocycles. The summed E-state index contributed by atoms with van der Waals surface area (Å²) < 4.78 is 13.9. The van der Waals surface area contributed by atoms with E-state index in [1.54, 1.807) is 12.1 Å². The lowest BCUT2D eigenvalue weighted by atomic mass is 10.2. The molecule has 0 amide bonds. The molecule has 0 saturated heterocycles. The first-order chi connectivity index (χ1) is 5.74. The lowest BCUT2D eigenvalue weighted by molar-refractivity contribution is 0.624. The number of halogens is 2. The van der Waals surface area contributed by atoms with Crippen LogP contribution < -0.4 is 0 Å². The summed E-state index contributed by atoms with van der Waals surface area (Å²) in [6.45, 7) is 2.02. The molecule has 0 fully saturated rings. The van der Waals surface area contributed by atoms with Crippen LogP contribution in [0.5, 0.6) is 0 Å². The van der Waals surface area contributed by atoms with Crippen LogP contribution in [0, 0.1) is 5.82 Å². The fourth-order valence-corrected chi connectivity index (χ4v) is 1.21. The molecule has 1 aromatic rings. The summed E-state index contributed by atoms with van der Waals surface area (Å²) in [6, 6.07) is 5.05. The van der Waals surface area contributed by atoms with E-state index >= 15 is 0 Å². The van der Waals surface area contributed by atoms with Gasteiger partial charge in [0.05, 0.1) is 0 Å². The minimum Gasteiger partial charge on any atom is -0.206 e. The average Bonchev–Trinajstić information content (AvgIpc) is 2.03. The second-order valence-corrected chi connectivity index (χ2v) is 3.39. The van der Waals surface area contributed by atoms with Crippen molar-refractivity contribution in [3.63, 3.8) is 0 Å².